The second kappa shape index (κ2) is 11.3. The van der Waals surface area contributed by atoms with Crippen LogP contribution in [0.4, 0.5) is 4.39 Å². The Morgan fingerprint density at radius 1 is 1.31 bits per heavy atom. The highest BCUT2D eigenvalue weighted by Crippen LogP contribution is 2.10. The van der Waals surface area contributed by atoms with Gasteiger partial charge in [-0.15, -0.1) is 24.0 Å². The van der Waals surface area contributed by atoms with Crippen molar-refractivity contribution >= 4 is 29.9 Å². The van der Waals surface area contributed by atoms with E-state index in [-0.39, 0.29) is 35.5 Å². The van der Waals surface area contributed by atoms with Gasteiger partial charge in [-0.05, 0) is 50.3 Å². The number of guanidine groups is 1. The highest BCUT2D eigenvalue weighted by atomic mass is 127. The molecule has 0 bridgehead atoms. The molecule has 0 fully saturated rings. The van der Waals surface area contributed by atoms with Gasteiger partial charge in [-0.2, -0.15) is 5.10 Å². The summed E-state index contributed by atoms with van der Waals surface area (Å²) >= 11 is 0. The van der Waals surface area contributed by atoms with Gasteiger partial charge in [0.25, 0.3) is 0 Å². The van der Waals surface area contributed by atoms with Gasteiger partial charge in [0.15, 0.2) is 5.96 Å². The maximum atomic E-state index is 13.4. The summed E-state index contributed by atoms with van der Waals surface area (Å²) in [4.78, 5) is 16.9. The van der Waals surface area contributed by atoms with E-state index in [0.717, 1.165) is 50.2 Å². The van der Waals surface area contributed by atoms with Gasteiger partial charge in [0, 0.05) is 32.6 Å². The zero-order valence-electron chi connectivity index (χ0n) is 17.1. The molecule has 0 saturated heterocycles. The fraction of sp³-hybridized carbons (Fsp3) is 0.550. The van der Waals surface area contributed by atoms with Gasteiger partial charge >= 0.3 is 5.69 Å². The van der Waals surface area contributed by atoms with E-state index < -0.39 is 0 Å². The number of nitrogens with zero attached hydrogens (tertiary/aromatic N) is 4. The predicted molar refractivity (Wildman–Crippen MR) is 123 cm³/mol. The lowest BCUT2D eigenvalue weighted by Gasteiger charge is -2.11. The number of aliphatic imine (C=N–C) groups is 1. The molecule has 0 saturated carbocycles. The molecule has 0 spiro atoms. The number of aryl methyl sites for hydroxylation is 3. The molecule has 3 rings (SSSR count). The number of aromatic nitrogens is 3. The Morgan fingerprint density at radius 3 is 2.86 bits per heavy atom. The molecule has 7 nitrogen and oxygen atoms in total. The summed E-state index contributed by atoms with van der Waals surface area (Å²) in [5.74, 6) is 1.42. The summed E-state index contributed by atoms with van der Waals surface area (Å²) in [7, 11) is 0. The van der Waals surface area contributed by atoms with E-state index in [9.17, 15) is 9.18 Å². The molecule has 1 aromatic heterocycles. The van der Waals surface area contributed by atoms with Crippen LogP contribution < -0.4 is 16.3 Å². The van der Waals surface area contributed by atoms with Crippen LogP contribution >= 0.6 is 24.0 Å². The minimum absolute atomic E-state index is 0. The maximum absolute atomic E-state index is 13.4. The number of benzene rings is 1. The lowest BCUT2D eigenvalue weighted by molar-refractivity contribution is 0.509. The first kappa shape index (κ1) is 23.4. The molecule has 1 aromatic carbocycles. The number of nitrogens with one attached hydrogen (secondary N) is 2. The quantitative estimate of drug-likeness (QED) is 0.257. The van der Waals surface area contributed by atoms with Gasteiger partial charge in [-0.1, -0.05) is 12.1 Å². The normalized spacial score (nSPS) is 13.6. The molecule has 0 radical (unpaired) electrons. The second-order valence-electron chi connectivity index (χ2n) is 7.09. The van der Waals surface area contributed by atoms with E-state index in [1.807, 2.05) is 13.0 Å². The topological polar surface area (TPSA) is 76.2 Å². The first-order chi connectivity index (χ1) is 13.6. The number of rotatable bonds is 7. The molecule has 1 aliphatic heterocycles. The van der Waals surface area contributed by atoms with Crippen molar-refractivity contribution in [3.8, 4) is 0 Å². The second-order valence-corrected chi connectivity index (χ2v) is 7.09. The fourth-order valence-corrected chi connectivity index (χ4v) is 3.35. The summed E-state index contributed by atoms with van der Waals surface area (Å²) in [5, 5.41) is 10.9. The number of halogens is 2. The van der Waals surface area contributed by atoms with Gasteiger partial charge in [-0.25, -0.2) is 18.9 Å². The lowest BCUT2D eigenvalue weighted by atomic mass is 10.1. The van der Waals surface area contributed by atoms with Gasteiger partial charge in [0.05, 0.1) is 6.54 Å². The van der Waals surface area contributed by atoms with Crippen LogP contribution in [0.5, 0.6) is 0 Å². The Kier molecular flexibility index (Phi) is 9.12. The Hall–Kier alpha value is -1.91. The maximum Gasteiger partial charge on any atom is 0.345 e. The van der Waals surface area contributed by atoms with Crippen molar-refractivity contribution in [1.82, 2.24) is 25.0 Å². The van der Waals surface area contributed by atoms with Crippen LogP contribution in [0.25, 0.3) is 0 Å². The number of hydrogen-bond acceptors (Lipinski definition) is 3. The van der Waals surface area contributed by atoms with E-state index in [0.29, 0.717) is 31.2 Å². The van der Waals surface area contributed by atoms with Crippen LogP contribution in [0.1, 0.15) is 43.1 Å². The number of hydrogen-bond donors (Lipinski definition) is 2. The Bertz CT molecular complexity index is 892. The van der Waals surface area contributed by atoms with Crippen molar-refractivity contribution < 1.29 is 4.39 Å². The molecule has 2 aromatic rings. The first-order valence-electron chi connectivity index (χ1n) is 10.0. The fourth-order valence-electron chi connectivity index (χ4n) is 3.35. The average molecular weight is 516 g/mol. The van der Waals surface area contributed by atoms with E-state index in [2.05, 4.69) is 20.7 Å². The molecule has 0 atom stereocenters. The summed E-state index contributed by atoms with van der Waals surface area (Å²) < 4.78 is 16.8. The van der Waals surface area contributed by atoms with Crippen LogP contribution in [0, 0.1) is 12.7 Å². The molecule has 0 aliphatic carbocycles. The highest BCUT2D eigenvalue weighted by molar-refractivity contribution is 14.0. The SMILES string of the molecule is CCNC(=NCc1ccc(F)c(C)c1)NCCCn1nc2n(c1=O)CCCC2.I. The van der Waals surface area contributed by atoms with Gasteiger partial charge in [-0.3, -0.25) is 4.57 Å². The van der Waals surface area contributed by atoms with Crippen molar-refractivity contribution in [2.75, 3.05) is 13.1 Å². The third-order valence-corrected chi connectivity index (χ3v) is 4.86. The summed E-state index contributed by atoms with van der Waals surface area (Å²) in [6.07, 6.45) is 3.82. The van der Waals surface area contributed by atoms with Crippen molar-refractivity contribution in [1.29, 1.82) is 0 Å². The smallest absolute Gasteiger partial charge is 0.345 e. The monoisotopic (exact) mass is 516 g/mol. The molecule has 29 heavy (non-hydrogen) atoms. The summed E-state index contributed by atoms with van der Waals surface area (Å²) in [6, 6.07) is 5.04. The largest absolute Gasteiger partial charge is 0.357 e. The molecule has 2 N–H and O–H groups in total. The van der Waals surface area contributed by atoms with Crippen molar-refractivity contribution in [3.63, 3.8) is 0 Å². The van der Waals surface area contributed by atoms with E-state index >= 15 is 0 Å². The minimum atomic E-state index is -0.200. The molecule has 160 valence electrons. The van der Waals surface area contributed by atoms with Crippen molar-refractivity contribution in [2.45, 2.75) is 59.2 Å². The predicted octanol–water partition coefficient (Wildman–Crippen LogP) is 2.59. The van der Waals surface area contributed by atoms with Crippen LogP contribution in [-0.2, 0) is 26.1 Å². The zero-order valence-corrected chi connectivity index (χ0v) is 19.4. The summed E-state index contributed by atoms with van der Waals surface area (Å²) in [6.45, 7) is 7.04. The first-order valence-corrected chi connectivity index (χ1v) is 10.0. The third-order valence-electron chi connectivity index (χ3n) is 4.86. The molecule has 0 unspecified atom stereocenters. The van der Waals surface area contributed by atoms with Crippen LogP contribution in [-0.4, -0.2) is 33.4 Å². The molecular formula is C20H30FIN6O. The Balaban J connectivity index is 0.00000300. The van der Waals surface area contributed by atoms with Crippen LogP contribution in [0.3, 0.4) is 0 Å². The zero-order chi connectivity index (χ0) is 19.9. The molecule has 1 aliphatic rings. The van der Waals surface area contributed by atoms with Gasteiger partial charge in [0.1, 0.15) is 11.6 Å². The standard InChI is InChI=1S/C20H29FN6O.HI/c1-3-22-19(24-14-16-8-9-17(21)15(2)13-16)23-10-6-12-27-20(28)26-11-5-4-7-18(26)25-27;/h8-9,13H,3-7,10-12,14H2,1-2H3,(H2,22,23,24);1H. The minimum Gasteiger partial charge on any atom is -0.357 e. The Labute approximate surface area is 187 Å². The van der Waals surface area contributed by atoms with E-state index in [1.165, 1.54) is 6.07 Å². The molecule has 9 heteroatoms. The highest BCUT2D eigenvalue weighted by Gasteiger charge is 2.16. The third kappa shape index (κ3) is 6.28. The van der Waals surface area contributed by atoms with E-state index in [1.54, 1.807) is 22.2 Å². The van der Waals surface area contributed by atoms with Gasteiger partial charge < -0.3 is 10.6 Å². The van der Waals surface area contributed by atoms with Gasteiger partial charge in [0.2, 0.25) is 0 Å². The van der Waals surface area contributed by atoms with Crippen molar-refractivity contribution in [3.05, 3.63) is 51.5 Å². The Morgan fingerprint density at radius 2 is 2.14 bits per heavy atom. The number of fused-ring (bicyclic) bond motifs is 1. The van der Waals surface area contributed by atoms with Crippen LogP contribution in [0.2, 0.25) is 0 Å². The van der Waals surface area contributed by atoms with Crippen molar-refractivity contribution in [2.24, 2.45) is 4.99 Å². The lowest BCUT2D eigenvalue weighted by Crippen LogP contribution is -2.38. The molecule has 2 heterocycles. The molecule has 0 amide bonds. The van der Waals surface area contributed by atoms with E-state index in [4.69, 9.17) is 0 Å². The molecular weight excluding hydrogens is 486 g/mol. The average Bonchev–Trinajstić information content (AvgIpc) is 3.02. The summed E-state index contributed by atoms with van der Waals surface area (Å²) in [5.41, 5.74) is 1.59. The van der Waals surface area contributed by atoms with Crippen LogP contribution in [0.15, 0.2) is 28.0 Å².